The van der Waals surface area contributed by atoms with Crippen LogP contribution in [0.5, 0.6) is 0 Å². The van der Waals surface area contributed by atoms with Crippen LogP contribution >= 0.6 is 0 Å². The summed E-state index contributed by atoms with van der Waals surface area (Å²) in [5.41, 5.74) is 0.456. The molecule has 2 heteroatoms. The molecular weight excluding hydrogens is 198 g/mol. The quantitative estimate of drug-likeness (QED) is 0.549. The minimum atomic E-state index is -0.407. The molecule has 2 nitrogen and oxygen atoms in total. The van der Waals surface area contributed by atoms with Crippen LogP contribution in [-0.4, -0.2) is 16.7 Å². The number of nitrogens with zero attached hydrogens (tertiary/aromatic N) is 1. The first kappa shape index (κ1) is 12.4. The SMILES string of the molecule is C=CC=[N+](C(=O)C(C)(C)C)c1ccccc1. The number of benzene rings is 1. The molecule has 0 aromatic heterocycles. The van der Waals surface area contributed by atoms with Crippen LogP contribution in [0.15, 0.2) is 43.0 Å². The summed E-state index contributed by atoms with van der Waals surface area (Å²) in [7, 11) is 0. The highest BCUT2D eigenvalue weighted by Gasteiger charge is 2.33. The van der Waals surface area contributed by atoms with Gasteiger partial charge in [-0.15, -0.1) is 4.58 Å². The summed E-state index contributed by atoms with van der Waals surface area (Å²) < 4.78 is 1.63. The third-order valence-corrected chi connectivity index (χ3v) is 2.15. The molecule has 84 valence electrons. The first-order valence-electron chi connectivity index (χ1n) is 5.31. The Hall–Kier alpha value is -1.70. The van der Waals surface area contributed by atoms with Crippen molar-refractivity contribution in [3.8, 4) is 0 Å². The molecule has 1 aromatic carbocycles. The molecule has 0 saturated carbocycles. The van der Waals surface area contributed by atoms with Gasteiger partial charge in [0.1, 0.15) is 0 Å². The molecule has 0 radical (unpaired) electrons. The van der Waals surface area contributed by atoms with E-state index in [1.165, 1.54) is 0 Å². The average Bonchev–Trinajstić information content (AvgIpc) is 2.25. The summed E-state index contributed by atoms with van der Waals surface area (Å²) >= 11 is 0. The van der Waals surface area contributed by atoms with E-state index >= 15 is 0 Å². The number of rotatable bonds is 2. The molecule has 0 atom stereocenters. The van der Waals surface area contributed by atoms with Crippen LogP contribution in [0.3, 0.4) is 0 Å². The Balaban J connectivity index is 3.18. The summed E-state index contributed by atoms with van der Waals surface area (Å²) in [4.78, 5) is 12.2. The number of hydrogen-bond acceptors (Lipinski definition) is 1. The molecule has 0 bridgehead atoms. The summed E-state index contributed by atoms with van der Waals surface area (Å²) in [5, 5.41) is 0. The van der Waals surface area contributed by atoms with E-state index in [4.69, 9.17) is 0 Å². The molecule has 0 saturated heterocycles. The maximum absolute atomic E-state index is 12.2. The molecular formula is C14H18NO+. The van der Waals surface area contributed by atoms with Gasteiger partial charge in [-0.3, -0.25) is 0 Å². The number of allylic oxidation sites excluding steroid dienone is 1. The second kappa shape index (κ2) is 4.88. The van der Waals surface area contributed by atoms with Crippen LogP contribution < -0.4 is 0 Å². The van der Waals surface area contributed by atoms with E-state index in [0.717, 1.165) is 5.69 Å². The Labute approximate surface area is 96.9 Å². The average molecular weight is 216 g/mol. The van der Waals surface area contributed by atoms with Crippen LogP contribution in [0.1, 0.15) is 20.8 Å². The largest absolute Gasteiger partial charge is 0.397 e. The lowest BCUT2D eigenvalue weighted by atomic mass is 9.95. The van der Waals surface area contributed by atoms with Gasteiger partial charge in [-0.1, -0.05) is 24.8 Å². The normalized spacial score (nSPS) is 12.3. The Bertz CT molecular complexity index is 410. The predicted octanol–water partition coefficient (Wildman–Crippen LogP) is 3.16. The molecule has 0 fully saturated rings. The first-order valence-corrected chi connectivity index (χ1v) is 5.31. The highest BCUT2D eigenvalue weighted by Crippen LogP contribution is 2.20. The van der Waals surface area contributed by atoms with Crippen molar-refractivity contribution in [2.24, 2.45) is 5.41 Å². The summed E-state index contributed by atoms with van der Waals surface area (Å²) in [6.07, 6.45) is 3.32. The molecule has 16 heavy (non-hydrogen) atoms. The van der Waals surface area contributed by atoms with E-state index in [-0.39, 0.29) is 5.91 Å². The highest BCUT2D eigenvalue weighted by atomic mass is 16.2. The number of para-hydroxylation sites is 1. The van der Waals surface area contributed by atoms with Crippen LogP contribution in [0, 0.1) is 5.41 Å². The Morgan fingerprint density at radius 1 is 1.25 bits per heavy atom. The van der Waals surface area contributed by atoms with Gasteiger partial charge in [-0.05, 0) is 26.8 Å². The van der Waals surface area contributed by atoms with Gasteiger partial charge in [0, 0.05) is 12.1 Å². The van der Waals surface area contributed by atoms with E-state index in [1.807, 2.05) is 51.1 Å². The summed E-state index contributed by atoms with van der Waals surface area (Å²) in [6, 6.07) is 9.56. The molecule has 0 N–H and O–H groups in total. The van der Waals surface area contributed by atoms with Crippen molar-refractivity contribution < 1.29 is 9.37 Å². The second-order valence-electron chi connectivity index (χ2n) is 4.65. The van der Waals surface area contributed by atoms with Gasteiger partial charge in [-0.25, -0.2) is 4.79 Å². The number of hydrogen-bond donors (Lipinski definition) is 0. The lowest BCUT2D eigenvalue weighted by Crippen LogP contribution is -2.30. The van der Waals surface area contributed by atoms with Crippen molar-refractivity contribution in [3.63, 3.8) is 0 Å². The Morgan fingerprint density at radius 2 is 1.81 bits per heavy atom. The molecule has 0 heterocycles. The zero-order chi connectivity index (χ0) is 12.2. The fourth-order valence-corrected chi connectivity index (χ4v) is 1.33. The van der Waals surface area contributed by atoms with Gasteiger partial charge < -0.3 is 0 Å². The maximum Gasteiger partial charge on any atom is 0.397 e. The van der Waals surface area contributed by atoms with E-state index in [2.05, 4.69) is 6.58 Å². The molecule has 0 spiro atoms. The molecule has 1 aromatic rings. The summed E-state index contributed by atoms with van der Waals surface area (Å²) in [5.74, 6) is 0.0543. The topological polar surface area (TPSA) is 20.1 Å². The van der Waals surface area contributed by atoms with Crippen LogP contribution in [-0.2, 0) is 4.79 Å². The van der Waals surface area contributed by atoms with E-state index in [1.54, 1.807) is 16.9 Å². The van der Waals surface area contributed by atoms with Gasteiger partial charge in [-0.2, -0.15) is 0 Å². The lowest BCUT2D eigenvalue weighted by Gasteiger charge is -2.12. The van der Waals surface area contributed by atoms with Crippen molar-refractivity contribution >= 4 is 17.8 Å². The zero-order valence-electron chi connectivity index (χ0n) is 10.1. The first-order chi connectivity index (χ1) is 7.46. The minimum Gasteiger partial charge on any atom is -0.219 e. The maximum atomic E-state index is 12.2. The van der Waals surface area contributed by atoms with Crippen molar-refractivity contribution in [2.45, 2.75) is 20.8 Å². The molecule has 1 amide bonds. The van der Waals surface area contributed by atoms with E-state index < -0.39 is 5.41 Å². The number of carbonyl (C=O) groups is 1. The van der Waals surface area contributed by atoms with Crippen molar-refractivity contribution in [2.75, 3.05) is 0 Å². The van der Waals surface area contributed by atoms with Crippen LogP contribution in [0.25, 0.3) is 0 Å². The Kier molecular flexibility index (Phi) is 3.78. The monoisotopic (exact) mass is 216 g/mol. The van der Waals surface area contributed by atoms with Crippen LogP contribution in [0.4, 0.5) is 5.69 Å². The number of carbonyl (C=O) groups excluding carboxylic acids is 1. The zero-order valence-corrected chi connectivity index (χ0v) is 10.1. The molecule has 0 aliphatic carbocycles. The molecule has 1 rings (SSSR count). The molecule has 0 aliphatic heterocycles. The van der Waals surface area contributed by atoms with Crippen LogP contribution in [0.2, 0.25) is 0 Å². The highest BCUT2D eigenvalue weighted by molar-refractivity contribution is 5.82. The predicted molar refractivity (Wildman–Crippen MR) is 67.1 cm³/mol. The smallest absolute Gasteiger partial charge is 0.219 e. The van der Waals surface area contributed by atoms with Crippen molar-refractivity contribution in [1.29, 1.82) is 0 Å². The lowest BCUT2D eigenvalue weighted by molar-refractivity contribution is -0.371. The van der Waals surface area contributed by atoms with Gasteiger partial charge in [0.25, 0.3) is 0 Å². The van der Waals surface area contributed by atoms with Gasteiger partial charge in [0.05, 0.1) is 5.41 Å². The minimum absolute atomic E-state index is 0.0543. The van der Waals surface area contributed by atoms with Gasteiger partial charge in [0.2, 0.25) is 5.69 Å². The van der Waals surface area contributed by atoms with Gasteiger partial charge >= 0.3 is 5.91 Å². The second-order valence-corrected chi connectivity index (χ2v) is 4.65. The van der Waals surface area contributed by atoms with E-state index in [0.29, 0.717) is 0 Å². The fraction of sp³-hybridized carbons (Fsp3) is 0.286. The van der Waals surface area contributed by atoms with Crippen molar-refractivity contribution in [3.05, 3.63) is 43.0 Å². The van der Waals surface area contributed by atoms with Gasteiger partial charge in [0.15, 0.2) is 6.21 Å². The van der Waals surface area contributed by atoms with Crippen molar-refractivity contribution in [1.82, 2.24) is 0 Å². The third kappa shape index (κ3) is 2.89. The van der Waals surface area contributed by atoms with E-state index in [9.17, 15) is 4.79 Å². The third-order valence-electron chi connectivity index (χ3n) is 2.15. The summed E-state index contributed by atoms with van der Waals surface area (Å²) in [6.45, 7) is 9.36. The fourth-order valence-electron chi connectivity index (χ4n) is 1.33. The Morgan fingerprint density at radius 3 is 2.25 bits per heavy atom. The number of amides is 1. The molecule has 0 unspecified atom stereocenters. The molecule has 0 aliphatic rings. The standard InChI is InChI=1S/C14H18NO/c1-5-11-15(13(16)14(2,3)4)12-9-7-6-8-10-12/h5-11H,1H2,2-4H3/q+1.